The summed E-state index contributed by atoms with van der Waals surface area (Å²) in [5.74, 6) is 1.05. The van der Waals surface area contributed by atoms with Crippen molar-refractivity contribution < 1.29 is 4.79 Å². The zero-order valence-electron chi connectivity index (χ0n) is 9.57. The Morgan fingerprint density at radius 1 is 1.31 bits per heavy atom. The molecule has 1 fully saturated rings. The minimum atomic E-state index is 0.352. The SMILES string of the molecule is CCc1cnc(NC2CCC(=O)CC2)nc1. The van der Waals surface area contributed by atoms with Gasteiger partial charge < -0.3 is 5.32 Å². The van der Waals surface area contributed by atoms with Gasteiger partial charge in [0.1, 0.15) is 5.78 Å². The lowest BCUT2D eigenvalue weighted by Crippen LogP contribution is -2.26. The number of rotatable bonds is 3. The molecule has 4 heteroatoms. The first-order chi connectivity index (χ1) is 7.78. The molecule has 0 aliphatic heterocycles. The summed E-state index contributed by atoms with van der Waals surface area (Å²) >= 11 is 0. The van der Waals surface area contributed by atoms with Crippen molar-refractivity contribution in [2.24, 2.45) is 0 Å². The molecule has 1 N–H and O–H groups in total. The third-order valence-corrected chi connectivity index (χ3v) is 2.99. The standard InChI is InChI=1S/C12H17N3O/c1-2-9-7-13-12(14-8-9)15-10-3-5-11(16)6-4-10/h7-8,10H,2-6H2,1H3,(H,13,14,15). The van der Waals surface area contributed by atoms with Crippen molar-refractivity contribution in [1.82, 2.24) is 9.97 Å². The molecule has 0 spiro atoms. The lowest BCUT2D eigenvalue weighted by molar-refractivity contribution is -0.120. The van der Waals surface area contributed by atoms with Gasteiger partial charge in [-0.05, 0) is 24.8 Å². The van der Waals surface area contributed by atoms with E-state index in [0.29, 0.717) is 30.6 Å². The molecule has 0 bridgehead atoms. The highest BCUT2D eigenvalue weighted by Crippen LogP contribution is 2.17. The number of aryl methyl sites for hydroxylation is 1. The highest BCUT2D eigenvalue weighted by molar-refractivity contribution is 5.79. The first kappa shape index (κ1) is 11.0. The Morgan fingerprint density at radius 3 is 2.50 bits per heavy atom. The minimum Gasteiger partial charge on any atom is -0.351 e. The van der Waals surface area contributed by atoms with E-state index < -0.39 is 0 Å². The highest BCUT2D eigenvalue weighted by atomic mass is 16.1. The molecule has 86 valence electrons. The van der Waals surface area contributed by atoms with E-state index in [1.54, 1.807) is 0 Å². The minimum absolute atomic E-state index is 0.352. The first-order valence-corrected chi connectivity index (χ1v) is 5.87. The van der Waals surface area contributed by atoms with E-state index in [4.69, 9.17) is 0 Å². The van der Waals surface area contributed by atoms with Gasteiger partial charge in [0.05, 0.1) is 0 Å². The van der Waals surface area contributed by atoms with E-state index >= 15 is 0 Å². The lowest BCUT2D eigenvalue weighted by atomic mass is 9.94. The molecular formula is C12H17N3O. The van der Waals surface area contributed by atoms with Gasteiger partial charge >= 0.3 is 0 Å². The van der Waals surface area contributed by atoms with Crippen LogP contribution in [0.2, 0.25) is 0 Å². The first-order valence-electron chi connectivity index (χ1n) is 5.87. The van der Waals surface area contributed by atoms with E-state index in [1.807, 2.05) is 12.4 Å². The molecule has 4 nitrogen and oxygen atoms in total. The normalized spacial score (nSPS) is 17.4. The van der Waals surface area contributed by atoms with Crippen LogP contribution in [0.1, 0.15) is 38.2 Å². The summed E-state index contributed by atoms with van der Waals surface area (Å²) in [5.41, 5.74) is 1.14. The van der Waals surface area contributed by atoms with Crippen LogP contribution < -0.4 is 5.32 Å². The van der Waals surface area contributed by atoms with Crippen LogP contribution in [0.4, 0.5) is 5.95 Å². The third kappa shape index (κ3) is 2.78. The molecule has 0 atom stereocenters. The summed E-state index contributed by atoms with van der Waals surface area (Å²) in [6, 6.07) is 0.352. The number of hydrogen-bond donors (Lipinski definition) is 1. The number of carbonyl (C=O) groups is 1. The maximum absolute atomic E-state index is 11.1. The number of ketones is 1. The van der Waals surface area contributed by atoms with Crippen LogP contribution >= 0.6 is 0 Å². The fourth-order valence-corrected chi connectivity index (χ4v) is 1.88. The molecule has 1 saturated carbocycles. The fraction of sp³-hybridized carbons (Fsp3) is 0.583. The van der Waals surface area contributed by atoms with Crippen LogP contribution in [0.3, 0.4) is 0 Å². The van der Waals surface area contributed by atoms with Crippen molar-refractivity contribution in [1.29, 1.82) is 0 Å². The van der Waals surface area contributed by atoms with Crippen molar-refractivity contribution in [2.75, 3.05) is 5.32 Å². The van der Waals surface area contributed by atoms with E-state index in [9.17, 15) is 4.79 Å². The molecule has 1 aliphatic rings. The van der Waals surface area contributed by atoms with Gasteiger partial charge in [0.25, 0.3) is 0 Å². The number of aromatic nitrogens is 2. The number of nitrogens with zero attached hydrogens (tertiary/aromatic N) is 2. The number of Topliss-reactive ketones (excluding diaryl/α,β-unsaturated/α-hetero) is 1. The predicted molar refractivity (Wildman–Crippen MR) is 62.3 cm³/mol. The number of hydrogen-bond acceptors (Lipinski definition) is 4. The van der Waals surface area contributed by atoms with Crippen molar-refractivity contribution in [3.8, 4) is 0 Å². The summed E-state index contributed by atoms with van der Waals surface area (Å²) in [6.07, 6.45) is 7.83. The summed E-state index contributed by atoms with van der Waals surface area (Å²) in [7, 11) is 0. The van der Waals surface area contributed by atoms with Crippen molar-refractivity contribution in [3.63, 3.8) is 0 Å². The van der Waals surface area contributed by atoms with Crippen LogP contribution in [0, 0.1) is 0 Å². The molecule has 0 saturated heterocycles. The Hall–Kier alpha value is -1.45. The summed E-state index contributed by atoms with van der Waals surface area (Å²) in [6.45, 7) is 2.08. The largest absolute Gasteiger partial charge is 0.351 e. The fourth-order valence-electron chi connectivity index (χ4n) is 1.88. The van der Waals surface area contributed by atoms with E-state index in [2.05, 4.69) is 22.2 Å². The Bertz CT molecular complexity index is 351. The van der Waals surface area contributed by atoms with E-state index in [1.165, 1.54) is 0 Å². The molecule has 0 radical (unpaired) electrons. The predicted octanol–water partition coefficient (Wildman–Crippen LogP) is 1.96. The molecule has 0 unspecified atom stereocenters. The quantitative estimate of drug-likeness (QED) is 0.844. The van der Waals surface area contributed by atoms with Crippen molar-refractivity contribution in [2.45, 2.75) is 45.1 Å². The second-order valence-electron chi connectivity index (χ2n) is 4.23. The molecule has 0 aromatic carbocycles. The molecule has 1 aromatic heterocycles. The Kier molecular flexibility index (Phi) is 3.49. The number of carbonyl (C=O) groups excluding carboxylic acids is 1. The Labute approximate surface area is 95.5 Å². The van der Waals surface area contributed by atoms with Gasteiger partial charge in [-0.1, -0.05) is 6.92 Å². The van der Waals surface area contributed by atoms with E-state index in [-0.39, 0.29) is 0 Å². The third-order valence-electron chi connectivity index (χ3n) is 2.99. The zero-order chi connectivity index (χ0) is 11.4. The van der Waals surface area contributed by atoms with Crippen molar-refractivity contribution in [3.05, 3.63) is 18.0 Å². The van der Waals surface area contributed by atoms with E-state index in [0.717, 1.165) is 24.8 Å². The second kappa shape index (κ2) is 5.05. The van der Waals surface area contributed by atoms with Gasteiger partial charge in [-0.25, -0.2) is 9.97 Å². The lowest BCUT2D eigenvalue weighted by Gasteiger charge is -2.21. The number of nitrogens with one attached hydrogen (secondary N) is 1. The number of anilines is 1. The van der Waals surface area contributed by atoms with Crippen LogP contribution in [0.5, 0.6) is 0 Å². The van der Waals surface area contributed by atoms with Gasteiger partial charge in [-0.2, -0.15) is 0 Å². The average molecular weight is 219 g/mol. The summed E-state index contributed by atoms with van der Waals surface area (Å²) in [4.78, 5) is 19.6. The van der Waals surface area contributed by atoms with Crippen LogP contribution in [-0.4, -0.2) is 21.8 Å². The second-order valence-corrected chi connectivity index (χ2v) is 4.23. The Morgan fingerprint density at radius 2 is 1.94 bits per heavy atom. The van der Waals surface area contributed by atoms with Gasteiger partial charge in [-0.3, -0.25) is 4.79 Å². The molecule has 1 aromatic rings. The molecule has 1 aliphatic carbocycles. The van der Waals surface area contributed by atoms with Gasteiger partial charge in [0.15, 0.2) is 0 Å². The average Bonchev–Trinajstić information content (AvgIpc) is 2.33. The molecule has 1 heterocycles. The van der Waals surface area contributed by atoms with Crippen LogP contribution in [-0.2, 0) is 11.2 Å². The molecule has 16 heavy (non-hydrogen) atoms. The van der Waals surface area contributed by atoms with Crippen molar-refractivity contribution >= 4 is 11.7 Å². The molecule has 0 amide bonds. The highest BCUT2D eigenvalue weighted by Gasteiger charge is 2.18. The summed E-state index contributed by atoms with van der Waals surface area (Å²) in [5, 5.41) is 3.28. The van der Waals surface area contributed by atoms with Gasteiger partial charge in [0, 0.05) is 31.3 Å². The van der Waals surface area contributed by atoms with Crippen LogP contribution in [0.25, 0.3) is 0 Å². The molecular weight excluding hydrogens is 202 g/mol. The smallest absolute Gasteiger partial charge is 0.222 e. The maximum atomic E-state index is 11.1. The Balaban J connectivity index is 1.90. The zero-order valence-corrected chi connectivity index (χ0v) is 9.57. The summed E-state index contributed by atoms with van der Waals surface area (Å²) < 4.78 is 0. The maximum Gasteiger partial charge on any atom is 0.222 e. The molecule has 2 rings (SSSR count). The topological polar surface area (TPSA) is 54.9 Å². The van der Waals surface area contributed by atoms with Crippen LogP contribution in [0.15, 0.2) is 12.4 Å². The van der Waals surface area contributed by atoms with Gasteiger partial charge in [0.2, 0.25) is 5.95 Å². The monoisotopic (exact) mass is 219 g/mol. The van der Waals surface area contributed by atoms with Gasteiger partial charge in [-0.15, -0.1) is 0 Å².